The first-order valence-corrected chi connectivity index (χ1v) is 13.6. The summed E-state index contributed by atoms with van der Waals surface area (Å²) in [6, 6.07) is 4.22. The number of pyridine rings is 1. The average molecular weight is 475 g/mol. The van der Waals surface area contributed by atoms with Crippen LogP contribution in [0.2, 0.25) is 0 Å². The van der Waals surface area contributed by atoms with E-state index in [1.54, 1.807) is 6.92 Å². The van der Waals surface area contributed by atoms with Crippen LogP contribution >= 0.6 is 0 Å². The van der Waals surface area contributed by atoms with Gasteiger partial charge in [-0.25, -0.2) is 9.36 Å². The van der Waals surface area contributed by atoms with Gasteiger partial charge in [0.15, 0.2) is 18.7 Å². The Kier molecular flexibility index (Phi) is 14.8. The first-order chi connectivity index (χ1) is 16.6. The Balaban J connectivity index is 1.51. The fraction of sp³-hybridized carbons (Fsp3) is 0.724. The van der Waals surface area contributed by atoms with Gasteiger partial charge in [0, 0.05) is 35.6 Å². The molecule has 0 unspecified atom stereocenters. The summed E-state index contributed by atoms with van der Waals surface area (Å²) in [7, 11) is 0. The number of aromatic nitrogens is 1. The Labute approximate surface area is 207 Å². The Hall–Kier alpha value is -1.72. The van der Waals surface area contributed by atoms with E-state index < -0.39 is 0 Å². The van der Waals surface area contributed by atoms with Crippen LogP contribution < -0.4 is 4.57 Å². The van der Waals surface area contributed by atoms with Crippen LogP contribution in [0.5, 0.6) is 0 Å². The van der Waals surface area contributed by atoms with E-state index in [1.807, 2.05) is 0 Å². The minimum atomic E-state index is -0.291. The number of rotatable bonds is 18. The van der Waals surface area contributed by atoms with Crippen molar-refractivity contribution in [1.29, 1.82) is 0 Å². The van der Waals surface area contributed by atoms with E-state index in [2.05, 4.69) is 42.6 Å². The largest absolute Gasteiger partial charge is 0.462 e. The fourth-order valence-electron chi connectivity index (χ4n) is 4.28. The highest BCUT2D eigenvalue weighted by Crippen LogP contribution is 2.26. The highest BCUT2D eigenvalue weighted by atomic mass is 16.7. The highest BCUT2D eigenvalue weighted by Gasteiger charge is 2.23. The Morgan fingerprint density at radius 3 is 2.18 bits per heavy atom. The van der Waals surface area contributed by atoms with E-state index in [1.165, 1.54) is 57.8 Å². The van der Waals surface area contributed by atoms with Gasteiger partial charge in [0.25, 0.3) is 0 Å². The molecule has 5 heteroatoms. The molecular weight excluding hydrogens is 426 g/mol. The lowest BCUT2D eigenvalue weighted by molar-refractivity contribution is -0.697. The number of unbranched alkanes of at least 4 members (excludes halogenated alkanes) is 10. The van der Waals surface area contributed by atoms with Crippen LogP contribution in [0.25, 0.3) is 0 Å². The summed E-state index contributed by atoms with van der Waals surface area (Å²) in [5, 5.41) is 0. The Morgan fingerprint density at radius 1 is 0.941 bits per heavy atom. The van der Waals surface area contributed by atoms with Gasteiger partial charge >= 0.3 is 5.97 Å². The van der Waals surface area contributed by atoms with Gasteiger partial charge in [0.2, 0.25) is 0 Å². The molecule has 0 atom stereocenters. The first-order valence-electron chi connectivity index (χ1n) is 13.6. The predicted molar refractivity (Wildman–Crippen MR) is 136 cm³/mol. The number of hydrogen-bond donors (Lipinski definition) is 0. The third kappa shape index (κ3) is 12.1. The van der Waals surface area contributed by atoms with Gasteiger partial charge in [-0.2, -0.15) is 0 Å². The zero-order chi connectivity index (χ0) is 24.4. The van der Waals surface area contributed by atoms with Crippen molar-refractivity contribution in [2.45, 2.75) is 110 Å². The smallest absolute Gasteiger partial charge is 0.333 e. The Morgan fingerprint density at radius 2 is 1.53 bits per heavy atom. The van der Waals surface area contributed by atoms with Crippen LogP contribution in [0.4, 0.5) is 0 Å². The van der Waals surface area contributed by atoms with Crippen LogP contribution in [0.3, 0.4) is 0 Å². The van der Waals surface area contributed by atoms with Crippen molar-refractivity contribution in [3.8, 4) is 0 Å². The molecule has 2 heterocycles. The summed E-state index contributed by atoms with van der Waals surface area (Å²) in [6.07, 6.45) is 20.3. The van der Waals surface area contributed by atoms with E-state index in [0.29, 0.717) is 18.1 Å². The molecule has 2 rings (SSSR count). The molecular formula is C29H48NO4+. The molecule has 34 heavy (non-hydrogen) atoms. The molecule has 1 aliphatic rings. The maximum absolute atomic E-state index is 11.3. The van der Waals surface area contributed by atoms with Crippen molar-refractivity contribution in [2.24, 2.45) is 5.92 Å². The molecule has 1 aromatic rings. The van der Waals surface area contributed by atoms with Crippen molar-refractivity contribution < 1.29 is 23.6 Å². The molecule has 0 bridgehead atoms. The van der Waals surface area contributed by atoms with Gasteiger partial charge in [-0.05, 0) is 32.6 Å². The zero-order valence-electron chi connectivity index (χ0n) is 21.8. The monoisotopic (exact) mass is 474 g/mol. The summed E-state index contributed by atoms with van der Waals surface area (Å²) < 4.78 is 19.4. The summed E-state index contributed by atoms with van der Waals surface area (Å²) in [4.78, 5) is 11.3. The lowest BCUT2D eigenvalue weighted by atomic mass is 10.0. The number of carbonyl (C=O) groups excluding carboxylic acids is 1. The van der Waals surface area contributed by atoms with Crippen LogP contribution in [0.1, 0.15) is 109 Å². The lowest BCUT2D eigenvalue weighted by Gasteiger charge is -2.29. The molecule has 0 N–H and O–H groups in total. The molecule has 0 amide bonds. The fourth-order valence-corrected chi connectivity index (χ4v) is 4.28. The van der Waals surface area contributed by atoms with E-state index in [9.17, 15) is 4.79 Å². The molecule has 0 spiro atoms. The van der Waals surface area contributed by atoms with Gasteiger partial charge in [-0.15, -0.1) is 0 Å². The molecule has 0 aromatic carbocycles. The molecule has 1 aromatic heterocycles. The molecule has 0 radical (unpaired) electrons. The molecule has 1 saturated heterocycles. The highest BCUT2D eigenvalue weighted by molar-refractivity contribution is 5.86. The third-order valence-corrected chi connectivity index (χ3v) is 6.51. The van der Waals surface area contributed by atoms with E-state index >= 15 is 0 Å². The molecule has 5 nitrogen and oxygen atoms in total. The second-order valence-electron chi connectivity index (χ2n) is 9.83. The second kappa shape index (κ2) is 17.7. The van der Waals surface area contributed by atoms with Gasteiger partial charge < -0.3 is 14.2 Å². The lowest BCUT2D eigenvalue weighted by Crippen LogP contribution is -2.33. The molecule has 0 saturated carbocycles. The SMILES string of the molecule is C=C(C)C(=O)OCCCCCC[n+]1ccc(C2OCC(CCCCCCCCCC)CO2)cc1. The van der Waals surface area contributed by atoms with Gasteiger partial charge in [-0.3, -0.25) is 0 Å². The minimum Gasteiger partial charge on any atom is -0.462 e. The summed E-state index contributed by atoms with van der Waals surface area (Å²) in [5.41, 5.74) is 1.56. The number of carbonyl (C=O) groups is 1. The number of ether oxygens (including phenoxy) is 3. The van der Waals surface area contributed by atoms with E-state index in [-0.39, 0.29) is 12.3 Å². The van der Waals surface area contributed by atoms with Crippen molar-refractivity contribution in [3.63, 3.8) is 0 Å². The van der Waals surface area contributed by atoms with Crippen LogP contribution in [0.15, 0.2) is 36.7 Å². The molecule has 1 fully saturated rings. The third-order valence-electron chi connectivity index (χ3n) is 6.51. The molecule has 1 aliphatic heterocycles. The molecule has 0 aliphatic carbocycles. The summed E-state index contributed by atoms with van der Waals surface area (Å²) >= 11 is 0. The van der Waals surface area contributed by atoms with Gasteiger partial charge in [0.05, 0.1) is 19.8 Å². The summed E-state index contributed by atoms with van der Waals surface area (Å²) in [5.74, 6) is 0.245. The number of aryl methyl sites for hydroxylation is 1. The maximum Gasteiger partial charge on any atom is 0.333 e. The standard InChI is InChI=1S/C29H48NO4/c1-4-5-6-7-8-9-10-13-16-26-23-33-29(34-24-26)27-17-20-30(21-18-27)19-14-11-12-15-22-32-28(31)25(2)3/h17-18,20-21,26,29H,2,4-16,19,22-24H2,1,3H3/q+1. The Bertz CT molecular complexity index is 680. The van der Waals surface area contributed by atoms with Gasteiger partial charge in [0.1, 0.15) is 6.54 Å². The van der Waals surface area contributed by atoms with Crippen molar-refractivity contribution in [2.75, 3.05) is 19.8 Å². The topological polar surface area (TPSA) is 48.6 Å². The number of hydrogen-bond acceptors (Lipinski definition) is 4. The van der Waals surface area contributed by atoms with Gasteiger partial charge in [-0.1, -0.05) is 64.9 Å². The summed E-state index contributed by atoms with van der Waals surface area (Å²) in [6.45, 7) is 10.6. The number of nitrogens with zero attached hydrogens (tertiary/aromatic N) is 1. The number of esters is 1. The van der Waals surface area contributed by atoms with E-state index in [0.717, 1.165) is 51.0 Å². The van der Waals surface area contributed by atoms with Crippen molar-refractivity contribution in [3.05, 3.63) is 42.2 Å². The van der Waals surface area contributed by atoms with E-state index in [4.69, 9.17) is 14.2 Å². The maximum atomic E-state index is 11.3. The van der Waals surface area contributed by atoms with Crippen molar-refractivity contribution in [1.82, 2.24) is 0 Å². The van der Waals surface area contributed by atoms with Crippen LogP contribution in [0, 0.1) is 5.92 Å². The van der Waals surface area contributed by atoms with Crippen LogP contribution in [-0.2, 0) is 25.5 Å². The quantitative estimate of drug-likeness (QED) is 0.101. The minimum absolute atomic E-state index is 0.230. The molecule has 192 valence electrons. The second-order valence-corrected chi connectivity index (χ2v) is 9.83. The normalized spacial score (nSPS) is 18.1. The van der Waals surface area contributed by atoms with Crippen molar-refractivity contribution >= 4 is 5.97 Å². The first kappa shape index (κ1) is 28.5. The average Bonchev–Trinajstić information content (AvgIpc) is 2.85. The predicted octanol–water partition coefficient (Wildman–Crippen LogP) is 6.85. The zero-order valence-corrected chi connectivity index (χ0v) is 21.8. The van der Waals surface area contributed by atoms with Crippen LogP contribution in [-0.4, -0.2) is 25.8 Å².